The molecule has 68 heavy (non-hydrogen) atoms. The second kappa shape index (κ2) is 18.2. The van der Waals surface area contributed by atoms with E-state index in [0.717, 1.165) is 44.4 Å². The van der Waals surface area contributed by atoms with Gasteiger partial charge in [-0.05, 0) is 76.0 Å². The quantitative estimate of drug-likeness (QED) is 0.0734. The number of aryl methyl sites for hydroxylation is 2. The minimum atomic E-state index is -2.66. The van der Waals surface area contributed by atoms with Crippen molar-refractivity contribution < 1.29 is 66.3 Å². The minimum Gasteiger partial charge on any atom is -0.471 e. The average Bonchev–Trinajstić information content (AvgIpc) is 4.08. The van der Waals surface area contributed by atoms with Crippen LogP contribution in [-0.4, -0.2) is 146 Å². The number of aromatic nitrogens is 8. The Kier molecular flexibility index (Phi) is 12.5. The summed E-state index contributed by atoms with van der Waals surface area (Å²) in [6.45, 7) is -1.64. The molecule has 368 valence electrons. The van der Waals surface area contributed by atoms with E-state index in [1.54, 1.807) is 12.1 Å². The lowest BCUT2D eigenvalue weighted by Crippen LogP contribution is -2.72. The molecular weight excluding hydrogens is 909 g/mol. The van der Waals surface area contributed by atoms with Gasteiger partial charge in [-0.15, -0.1) is 10.2 Å². The molecular formula is C42H52F4N12O10. The molecule has 8 saturated carbocycles. The summed E-state index contributed by atoms with van der Waals surface area (Å²) in [4.78, 5) is 50.8. The van der Waals surface area contributed by atoms with Gasteiger partial charge in [0.05, 0.1) is 18.2 Å². The van der Waals surface area contributed by atoms with Crippen LogP contribution in [0.5, 0.6) is 11.8 Å². The zero-order valence-electron chi connectivity index (χ0n) is 36.9. The topological polar surface area (TPSA) is 289 Å². The summed E-state index contributed by atoms with van der Waals surface area (Å²) in [5, 5.41) is 60.7. The molecule has 0 spiro atoms. The lowest BCUT2D eigenvalue weighted by Gasteiger charge is -2.66. The molecule has 6 atom stereocenters. The summed E-state index contributed by atoms with van der Waals surface area (Å²) < 4.78 is 66.8. The van der Waals surface area contributed by atoms with Gasteiger partial charge < -0.3 is 45.5 Å². The van der Waals surface area contributed by atoms with Gasteiger partial charge in [0.25, 0.3) is 24.7 Å². The summed E-state index contributed by atoms with van der Waals surface area (Å²) in [6, 6.07) is 5.33. The average molecular weight is 961 g/mol. The Morgan fingerprint density at radius 1 is 0.750 bits per heavy atom. The molecule has 12 rings (SSSR count). The number of nitrogens with zero attached hydrogens (tertiary/aromatic N) is 7. The normalized spacial score (nSPS) is 29.4. The van der Waals surface area contributed by atoms with Crippen LogP contribution >= 0.6 is 0 Å². The van der Waals surface area contributed by atoms with Crippen LogP contribution < -0.4 is 25.4 Å². The Morgan fingerprint density at radius 2 is 1.24 bits per heavy atom. The summed E-state index contributed by atoms with van der Waals surface area (Å²) >= 11 is 0. The number of H-pyrrole nitrogens is 2. The SMILES string of the molecule is Cn1nc(OCC(F)F)cc1C(=O)Nc1cc([C@@H]2C[C@@H](O)[C@@H](N(C(=O)O)C34CC(C3)C4)C2)[nH]n1.Cn1nc(OCC(F)F)cc1C(=O)Nc1cc([C@@H]2C[C@H](O)[C@H](OC(=O)NC34CC(C3)C4)C2)[nH]n1. The van der Waals surface area contributed by atoms with E-state index in [2.05, 4.69) is 46.5 Å². The minimum absolute atomic E-state index is 0.0836. The Labute approximate surface area is 384 Å². The lowest BCUT2D eigenvalue weighted by atomic mass is 9.49. The number of ether oxygens (including phenoxy) is 3. The molecule has 4 aromatic heterocycles. The Balaban J connectivity index is 0.000000170. The summed E-state index contributed by atoms with van der Waals surface area (Å²) in [5.41, 5.74) is 1.17. The highest BCUT2D eigenvalue weighted by atomic mass is 19.3. The predicted octanol–water partition coefficient (Wildman–Crippen LogP) is 4.10. The third-order valence-corrected chi connectivity index (χ3v) is 14.1. The van der Waals surface area contributed by atoms with Crippen molar-refractivity contribution >= 4 is 35.6 Å². The molecule has 0 aromatic carbocycles. The second-order valence-corrected chi connectivity index (χ2v) is 18.9. The molecule has 8 fully saturated rings. The molecule has 0 saturated heterocycles. The van der Waals surface area contributed by atoms with E-state index in [-0.39, 0.29) is 57.7 Å². The van der Waals surface area contributed by atoms with Crippen molar-refractivity contribution in [2.75, 3.05) is 23.8 Å². The highest BCUT2D eigenvalue weighted by Gasteiger charge is 2.64. The number of aromatic amines is 2. The van der Waals surface area contributed by atoms with E-state index in [9.17, 15) is 52.1 Å². The maximum absolute atomic E-state index is 12.6. The first-order chi connectivity index (χ1) is 32.3. The third-order valence-electron chi connectivity index (χ3n) is 14.1. The second-order valence-electron chi connectivity index (χ2n) is 18.9. The fourth-order valence-electron chi connectivity index (χ4n) is 10.6. The number of nitrogens with one attached hydrogen (secondary N) is 5. The third kappa shape index (κ3) is 9.51. The van der Waals surface area contributed by atoms with Gasteiger partial charge in [0, 0.05) is 72.7 Å². The van der Waals surface area contributed by atoms with Gasteiger partial charge in [0.2, 0.25) is 11.8 Å². The van der Waals surface area contributed by atoms with Crippen molar-refractivity contribution in [1.29, 1.82) is 0 Å². The fourth-order valence-corrected chi connectivity index (χ4v) is 10.6. The number of aliphatic hydroxyl groups excluding tert-OH is 2. The van der Waals surface area contributed by atoms with Crippen molar-refractivity contribution in [3.63, 3.8) is 0 Å². The highest BCUT2D eigenvalue weighted by molar-refractivity contribution is 6.03. The number of halogens is 4. The zero-order chi connectivity index (χ0) is 48.2. The van der Waals surface area contributed by atoms with E-state index in [0.29, 0.717) is 43.0 Å². The molecule has 4 heterocycles. The van der Waals surface area contributed by atoms with Crippen LogP contribution in [0.25, 0.3) is 0 Å². The van der Waals surface area contributed by atoms with Crippen LogP contribution in [0.2, 0.25) is 0 Å². The molecule has 4 aromatic rings. The van der Waals surface area contributed by atoms with Crippen molar-refractivity contribution in [2.24, 2.45) is 25.9 Å². The van der Waals surface area contributed by atoms with E-state index in [1.807, 2.05) is 0 Å². The molecule has 4 amide bonds. The van der Waals surface area contributed by atoms with Crippen LogP contribution in [0.1, 0.15) is 108 Å². The number of rotatable bonds is 16. The van der Waals surface area contributed by atoms with Crippen LogP contribution in [0.4, 0.5) is 38.8 Å². The first-order valence-corrected chi connectivity index (χ1v) is 22.4. The Hall–Kier alpha value is -6.44. The molecule has 22 nitrogen and oxygen atoms in total. The number of anilines is 2. The van der Waals surface area contributed by atoms with Crippen LogP contribution in [0, 0.1) is 11.8 Å². The van der Waals surface area contributed by atoms with Crippen LogP contribution in [0.15, 0.2) is 24.3 Å². The fraction of sp³-hybridized carbons (Fsp3) is 0.619. The van der Waals surface area contributed by atoms with Crippen molar-refractivity contribution in [3.8, 4) is 11.8 Å². The number of hydrogen-bond donors (Lipinski definition) is 8. The molecule has 0 unspecified atom stereocenters. The van der Waals surface area contributed by atoms with E-state index in [4.69, 9.17) is 14.2 Å². The first-order valence-electron chi connectivity index (χ1n) is 22.4. The summed E-state index contributed by atoms with van der Waals surface area (Å²) in [7, 11) is 2.98. The molecule has 8 aliphatic rings. The van der Waals surface area contributed by atoms with Crippen molar-refractivity contribution in [3.05, 3.63) is 47.0 Å². The first kappa shape index (κ1) is 46.7. The van der Waals surface area contributed by atoms with Gasteiger partial charge in [0.1, 0.15) is 17.5 Å². The van der Waals surface area contributed by atoms with Gasteiger partial charge >= 0.3 is 12.2 Å². The summed E-state index contributed by atoms with van der Waals surface area (Å²) in [5.74, 6) is 0.290. The molecule has 8 N–H and O–H groups in total. The van der Waals surface area contributed by atoms with E-state index >= 15 is 0 Å². The molecule has 0 aliphatic heterocycles. The molecule has 4 bridgehead atoms. The smallest absolute Gasteiger partial charge is 0.408 e. The number of alkyl carbamates (subject to hydrolysis) is 1. The molecule has 0 radical (unpaired) electrons. The van der Waals surface area contributed by atoms with Gasteiger partial charge in [0.15, 0.2) is 24.8 Å². The highest BCUT2D eigenvalue weighted by Crippen LogP contribution is 2.62. The summed E-state index contributed by atoms with van der Waals surface area (Å²) in [6.07, 6.45) is -1.72. The zero-order valence-corrected chi connectivity index (χ0v) is 36.9. The van der Waals surface area contributed by atoms with Gasteiger partial charge in [-0.1, -0.05) is 0 Å². The van der Waals surface area contributed by atoms with E-state index in [1.165, 1.54) is 40.5 Å². The largest absolute Gasteiger partial charge is 0.471 e. The standard InChI is InChI=1S/2C21H26F2N6O5/c1-29-13(5-18(28-29)33-9-16(22)23)19(31)24-17-4-12(26-27-17)11-2-14(30)15(3-11)34-20(32)25-21-6-10(7-21)8-21;1-28-14(5-18(27-28)34-9-16(22)23)19(31)24-17-4-12(25-26-17)11-2-13(15(30)3-11)29(20(32)33)21-6-10(7-21)8-21/h4-5,10-11,14-16,30H,2-3,6-9H2,1H3,(H,25,32)(H2,24,26,27,31);4-5,10-11,13,15-16,30H,2-3,6-9H2,1H3,(H,32,33)(H2,24,25,26,31)/t10?,11-,14+,15-,21?;10?,11-,13-,15+,21?/m10/s1. The van der Waals surface area contributed by atoms with E-state index < -0.39 is 74.4 Å². The van der Waals surface area contributed by atoms with Gasteiger partial charge in [-0.25, -0.2) is 27.2 Å². The molecule has 8 aliphatic carbocycles. The monoisotopic (exact) mass is 960 g/mol. The maximum atomic E-state index is 12.6. The number of carboxylic acid groups (broad SMARTS) is 1. The number of alkyl halides is 4. The number of amides is 4. The van der Waals surface area contributed by atoms with Crippen molar-refractivity contribution in [2.45, 2.75) is 124 Å². The number of hydrogen-bond acceptors (Lipinski definition) is 13. The van der Waals surface area contributed by atoms with Crippen LogP contribution in [-0.2, 0) is 18.8 Å². The number of aliphatic hydroxyl groups is 2. The van der Waals surface area contributed by atoms with Crippen molar-refractivity contribution in [1.82, 2.24) is 50.2 Å². The lowest BCUT2D eigenvalue weighted by molar-refractivity contribution is -0.152. The Bertz CT molecular complexity index is 2490. The maximum Gasteiger partial charge on any atom is 0.408 e. The number of carbonyl (C=O) groups is 4. The Morgan fingerprint density at radius 3 is 1.68 bits per heavy atom. The predicted molar refractivity (Wildman–Crippen MR) is 226 cm³/mol. The van der Waals surface area contributed by atoms with Gasteiger partial charge in [-0.3, -0.25) is 34.0 Å². The number of carbonyl (C=O) groups excluding carboxylic acids is 3. The molecule has 26 heteroatoms. The van der Waals surface area contributed by atoms with Gasteiger partial charge in [-0.2, -0.15) is 10.2 Å². The van der Waals surface area contributed by atoms with Crippen LogP contribution in [0.3, 0.4) is 0 Å².